The average Bonchev–Trinajstić information content (AvgIpc) is 3.11. The number of rotatable bonds is 5. The van der Waals surface area contributed by atoms with E-state index < -0.39 is 42.3 Å². The van der Waals surface area contributed by atoms with Crippen molar-refractivity contribution in [1.29, 1.82) is 0 Å². The summed E-state index contributed by atoms with van der Waals surface area (Å²) in [7, 11) is -1.74. The molecule has 0 heterocycles. The first-order valence-corrected chi connectivity index (χ1v) is 11.0. The molecule has 0 aliphatic heterocycles. The molecular weight excluding hydrogens is 402 g/mol. The average molecular weight is 420 g/mol. The molecule has 0 aromatic heterocycles. The van der Waals surface area contributed by atoms with E-state index in [0.29, 0.717) is 17.9 Å². The van der Waals surface area contributed by atoms with Gasteiger partial charge in [0.05, 0.1) is 5.30 Å². The lowest BCUT2D eigenvalue weighted by atomic mass is 10.1. The van der Waals surface area contributed by atoms with Crippen molar-refractivity contribution in [1.82, 2.24) is 0 Å². The maximum atomic E-state index is 14.6. The third-order valence-corrected chi connectivity index (χ3v) is 7.88. The van der Waals surface area contributed by atoms with Crippen molar-refractivity contribution in [3.05, 3.63) is 82.7 Å². The van der Waals surface area contributed by atoms with Crippen LogP contribution in [0.25, 0.3) is 11.1 Å². The first-order chi connectivity index (χ1) is 13.9. The Morgan fingerprint density at radius 3 is 2.07 bits per heavy atom. The van der Waals surface area contributed by atoms with Crippen molar-refractivity contribution in [2.75, 3.05) is 6.16 Å². The summed E-state index contributed by atoms with van der Waals surface area (Å²) in [6.45, 7) is 1.92. The second-order valence-electron chi connectivity index (χ2n) is 7.10. The highest BCUT2D eigenvalue weighted by Gasteiger charge is 2.31. The minimum Gasteiger partial charge on any atom is -0.203 e. The van der Waals surface area contributed by atoms with Crippen molar-refractivity contribution in [3.8, 4) is 11.1 Å². The van der Waals surface area contributed by atoms with Gasteiger partial charge in [-0.15, -0.1) is 0 Å². The molecule has 1 unspecified atom stereocenters. The van der Waals surface area contributed by atoms with Crippen LogP contribution in [0.4, 0.5) is 22.0 Å². The number of halogens is 5. The molecule has 0 N–H and O–H groups in total. The van der Waals surface area contributed by atoms with Crippen molar-refractivity contribution in [2.24, 2.45) is 0 Å². The molecule has 29 heavy (non-hydrogen) atoms. The van der Waals surface area contributed by atoms with Gasteiger partial charge < -0.3 is 0 Å². The Balaban J connectivity index is 1.88. The van der Waals surface area contributed by atoms with E-state index in [0.717, 1.165) is 35.1 Å². The van der Waals surface area contributed by atoms with Crippen molar-refractivity contribution in [2.45, 2.75) is 26.2 Å². The Morgan fingerprint density at radius 1 is 0.759 bits per heavy atom. The number of benzene rings is 3. The van der Waals surface area contributed by atoms with E-state index in [1.165, 1.54) is 0 Å². The van der Waals surface area contributed by atoms with Crippen LogP contribution < -0.4 is 10.6 Å². The molecule has 0 spiro atoms. The highest BCUT2D eigenvalue weighted by Crippen LogP contribution is 2.42. The largest absolute Gasteiger partial charge is 0.203 e. The lowest BCUT2D eigenvalue weighted by Gasteiger charge is -2.21. The normalized spacial score (nSPS) is 13.3. The molecular formula is C23H18F5P. The van der Waals surface area contributed by atoms with Gasteiger partial charge in [0.15, 0.2) is 23.3 Å². The first kappa shape index (κ1) is 20.0. The van der Waals surface area contributed by atoms with Crippen LogP contribution in [0.1, 0.15) is 30.9 Å². The number of hydrogen-bond donors (Lipinski definition) is 0. The maximum Gasteiger partial charge on any atom is 0.200 e. The molecule has 4 rings (SSSR count). The Hall–Kier alpha value is -2.26. The van der Waals surface area contributed by atoms with Crippen LogP contribution in [0.15, 0.2) is 42.5 Å². The number of unbranched alkanes of at least 4 members (excludes halogenated alkanes) is 1. The van der Waals surface area contributed by atoms with E-state index in [-0.39, 0.29) is 0 Å². The molecule has 6 heteroatoms. The van der Waals surface area contributed by atoms with E-state index in [9.17, 15) is 22.0 Å². The number of hydrogen-bond acceptors (Lipinski definition) is 0. The zero-order valence-corrected chi connectivity index (χ0v) is 16.6. The van der Waals surface area contributed by atoms with Gasteiger partial charge in [0, 0.05) is 0 Å². The summed E-state index contributed by atoms with van der Waals surface area (Å²) < 4.78 is 70.4. The van der Waals surface area contributed by atoms with E-state index in [4.69, 9.17) is 0 Å². The fourth-order valence-corrected chi connectivity index (χ4v) is 6.38. The Labute approximate surface area is 167 Å². The fraction of sp³-hybridized carbons (Fsp3) is 0.217. The van der Waals surface area contributed by atoms with Crippen molar-refractivity contribution < 1.29 is 22.0 Å². The smallest absolute Gasteiger partial charge is 0.200 e. The third-order valence-electron chi connectivity index (χ3n) is 5.29. The lowest BCUT2D eigenvalue weighted by molar-refractivity contribution is 0.384. The van der Waals surface area contributed by atoms with Gasteiger partial charge in [-0.05, 0) is 60.5 Å². The molecule has 1 aliphatic carbocycles. The molecule has 150 valence electrons. The Morgan fingerprint density at radius 2 is 1.38 bits per heavy atom. The second-order valence-corrected chi connectivity index (χ2v) is 9.37. The second kappa shape index (κ2) is 7.87. The van der Waals surface area contributed by atoms with Crippen LogP contribution in [-0.4, -0.2) is 6.16 Å². The van der Waals surface area contributed by atoms with Gasteiger partial charge >= 0.3 is 0 Å². The molecule has 0 bridgehead atoms. The molecule has 3 aromatic carbocycles. The van der Waals surface area contributed by atoms with E-state index in [1.54, 1.807) is 6.07 Å². The Bertz CT molecular complexity index is 1060. The predicted molar refractivity (Wildman–Crippen MR) is 107 cm³/mol. The van der Waals surface area contributed by atoms with Gasteiger partial charge in [-0.25, -0.2) is 22.0 Å². The standard InChI is InChI=1S/C23H18F5P/c1-2-3-10-29(23-21(27)19(25)18(24)20(26)22(23)28)15-9-8-14-11-13-6-4-5-7-16(13)17(14)12-15/h4-9,12H,2-3,10-11H2,1H3. The van der Waals surface area contributed by atoms with Crippen LogP contribution in [0.5, 0.6) is 0 Å². The van der Waals surface area contributed by atoms with Gasteiger partial charge in [0.1, 0.15) is 0 Å². The molecule has 0 radical (unpaired) electrons. The molecule has 0 nitrogen and oxygen atoms in total. The summed E-state index contributed by atoms with van der Waals surface area (Å²) in [5, 5.41) is -0.0665. The van der Waals surface area contributed by atoms with E-state index in [1.807, 2.05) is 43.3 Å². The van der Waals surface area contributed by atoms with E-state index in [2.05, 4.69) is 0 Å². The summed E-state index contributed by atoms with van der Waals surface area (Å²) in [4.78, 5) is 0. The molecule has 0 saturated carbocycles. The number of fused-ring (bicyclic) bond motifs is 3. The molecule has 0 saturated heterocycles. The van der Waals surface area contributed by atoms with Crippen LogP contribution in [0.2, 0.25) is 0 Å². The summed E-state index contributed by atoms with van der Waals surface area (Å²) in [6.07, 6.45) is 2.49. The Kier molecular flexibility index (Phi) is 5.44. The highest BCUT2D eigenvalue weighted by atomic mass is 31.1. The van der Waals surface area contributed by atoms with Gasteiger partial charge in [0.2, 0.25) is 5.82 Å². The zero-order valence-electron chi connectivity index (χ0n) is 15.7. The SMILES string of the molecule is CCCCP(c1ccc2c(c1)-c1ccccc1C2)c1c(F)c(F)c(F)c(F)c1F. The predicted octanol–water partition coefficient (Wildman–Crippen LogP) is 6.19. The van der Waals surface area contributed by atoms with Crippen LogP contribution >= 0.6 is 7.92 Å². The first-order valence-electron chi connectivity index (χ1n) is 9.44. The van der Waals surface area contributed by atoms with Crippen LogP contribution in [0, 0.1) is 29.1 Å². The summed E-state index contributed by atoms with van der Waals surface area (Å²) in [5.74, 6) is -9.31. The van der Waals surface area contributed by atoms with Gasteiger partial charge in [-0.1, -0.05) is 49.7 Å². The zero-order chi connectivity index (χ0) is 20.7. The third kappa shape index (κ3) is 3.36. The molecule has 0 fully saturated rings. The van der Waals surface area contributed by atoms with Crippen molar-refractivity contribution >= 4 is 18.5 Å². The molecule has 1 aliphatic rings. The van der Waals surface area contributed by atoms with E-state index >= 15 is 0 Å². The maximum absolute atomic E-state index is 14.6. The van der Waals surface area contributed by atoms with Gasteiger partial charge in [-0.3, -0.25) is 0 Å². The van der Waals surface area contributed by atoms with Crippen LogP contribution in [-0.2, 0) is 6.42 Å². The molecule has 3 aromatic rings. The monoisotopic (exact) mass is 420 g/mol. The van der Waals surface area contributed by atoms with Gasteiger partial charge in [-0.2, -0.15) is 0 Å². The lowest BCUT2D eigenvalue weighted by Crippen LogP contribution is -2.25. The summed E-state index contributed by atoms with van der Waals surface area (Å²) in [6, 6.07) is 13.4. The highest BCUT2D eigenvalue weighted by molar-refractivity contribution is 7.73. The summed E-state index contributed by atoms with van der Waals surface area (Å²) in [5.41, 5.74) is 4.27. The van der Waals surface area contributed by atoms with Crippen molar-refractivity contribution in [3.63, 3.8) is 0 Å². The quantitative estimate of drug-likeness (QED) is 0.156. The minimum absolute atomic E-state index is 0.352. The molecule has 1 atom stereocenters. The topological polar surface area (TPSA) is 0 Å². The van der Waals surface area contributed by atoms with Gasteiger partial charge in [0.25, 0.3) is 0 Å². The van der Waals surface area contributed by atoms with Crippen LogP contribution in [0.3, 0.4) is 0 Å². The fourth-order valence-electron chi connectivity index (χ4n) is 3.80. The molecule has 0 amide bonds. The summed E-state index contributed by atoms with van der Waals surface area (Å²) >= 11 is 0. The minimum atomic E-state index is -2.11.